The minimum Gasteiger partial charge on any atom is -0.317 e. The Morgan fingerprint density at radius 3 is 2.72 bits per heavy atom. The molecule has 0 aliphatic carbocycles. The molecule has 0 bridgehead atoms. The van der Waals surface area contributed by atoms with E-state index in [1.54, 1.807) is 6.07 Å². The molecule has 0 unspecified atom stereocenters. The fourth-order valence-electron chi connectivity index (χ4n) is 1.35. The lowest BCUT2D eigenvalue weighted by Crippen LogP contribution is -2.22. The lowest BCUT2D eigenvalue weighted by atomic mass is 10.3. The van der Waals surface area contributed by atoms with Crippen molar-refractivity contribution in [2.75, 3.05) is 23.6 Å². The van der Waals surface area contributed by atoms with Crippen LogP contribution in [0.3, 0.4) is 0 Å². The Kier molecular flexibility index (Phi) is 6.89. The highest BCUT2D eigenvalue weighted by Gasteiger charge is 2.11. The van der Waals surface area contributed by atoms with Gasteiger partial charge < -0.3 is 5.32 Å². The third-order valence-corrected chi connectivity index (χ3v) is 4.90. The first kappa shape index (κ1) is 16.2. The van der Waals surface area contributed by atoms with Gasteiger partial charge in [-0.25, -0.2) is 8.42 Å². The predicted molar refractivity (Wildman–Crippen MR) is 87.4 cm³/mol. The van der Waals surface area contributed by atoms with E-state index < -0.39 is 10.0 Å². The Labute approximate surface area is 130 Å². The molecule has 102 valence electrons. The second-order valence-corrected chi connectivity index (χ2v) is 7.69. The number of halogens is 2. The molecular weight excluding hydrogens is 431 g/mol. The van der Waals surface area contributed by atoms with Gasteiger partial charge >= 0.3 is 0 Å². The highest BCUT2D eigenvalue weighted by atomic mass is 127. The first-order valence-electron chi connectivity index (χ1n) is 5.61. The number of hydrogen-bond acceptors (Lipinski definition) is 3. The standard InChI is InChI=1S/C11H16BrIN2O2S/c1-2-14-6-3-7-18(16,17)15-11-5-4-9(13)8-10(11)12/h4-5,8,14-15H,2-3,6-7H2,1H3. The van der Waals surface area contributed by atoms with Crippen LogP contribution >= 0.6 is 38.5 Å². The second kappa shape index (κ2) is 7.66. The van der Waals surface area contributed by atoms with E-state index >= 15 is 0 Å². The van der Waals surface area contributed by atoms with E-state index in [0.29, 0.717) is 18.7 Å². The van der Waals surface area contributed by atoms with Crippen LogP contribution in [-0.4, -0.2) is 27.3 Å². The molecule has 0 atom stereocenters. The van der Waals surface area contributed by atoms with Crippen LogP contribution in [0.15, 0.2) is 22.7 Å². The smallest absolute Gasteiger partial charge is 0.232 e. The Bertz CT molecular complexity index is 494. The summed E-state index contributed by atoms with van der Waals surface area (Å²) in [6.45, 7) is 3.57. The molecule has 0 saturated heterocycles. The van der Waals surface area contributed by atoms with E-state index in [1.165, 1.54) is 0 Å². The zero-order valence-corrected chi connectivity index (χ0v) is 14.6. The average molecular weight is 447 g/mol. The lowest BCUT2D eigenvalue weighted by molar-refractivity contribution is 0.595. The highest BCUT2D eigenvalue weighted by molar-refractivity contribution is 14.1. The molecule has 7 heteroatoms. The molecule has 1 aromatic rings. The van der Waals surface area contributed by atoms with Crippen LogP contribution in [0.4, 0.5) is 5.69 Å². The van der Waals surface area contributed by atoms with Crippen LogP contribution in [-0.2, 0) is 10.0 Å². The van der Waals surface area contributed by atoms with Crippen LogP contribution in [0, 0.1) is 3.57 Å². The van der Waals surface area contributed by atoms with Gasteiger partial charge in [0.15, 0.2) is 0 Å². The van der Waals surface area contributed by atoms with E-state index in [9.17, 15) is 8.42 Å². The fraction of sp³-hybridized carbons (Fsp3) is 0.455. The van der Waals surface area contributed by atoms with Crippen molar-refractivity contribution in [3.63, 3.8) is 0 Å². The molecule has 0 aromatic heterocycles. The number of benzene rings is 1. The summed E-state index contributed by atoms with van der Waals surface area (Å²) in [4.78, 5) is 0. The van der Waals surface area contributed by atoms with Gasteiger partial charge in [0.25, 0.3) is 0 Å². The van der Waals surface area contributed by atoms with Crippen LogP contribution in [0.25, 0.3) is 0 Å². The molecular formula is C11H16BrIN2O2S. The molecule has 2 N–H and O–H groups in total. The quantitative estimate of drug-likeness (QED) is 0.500. The molecule has 0 amide bonds. The summed E-state index contributed by atoms with van der Waals surface area (Å²) < 4.78 is 28.1. The molecule has 1 rings (SSSR count). The fourth-order valence-corrected chi connectivity index (χ4v) is 4.02. The van der Waals surface area contributed by atoms with Gasteiger partial charge in [0, 0.05) is 8.04 Å². The van der Waals surface area contributed by atoms with Gasteiger partial charge in [-0.05, 0) is 76.2 Å². The molecule has 1 aromatic carbocycles. The minimum atomic E-state index is -3.27. The molecule has 18 heavy (non-hydrogen) atoms. The van der Waals surface area contributed by atoms with Crippen LogP contribution in [0.5, 0.6) is 0 Å². The van der Waals surface area contributed by atoms with Crippen molar-refractivity contribution < 1.29 is 8.42 Å². The molecule has 0 fully saturated rings. The topological polar surface area (TPSA) is 58.2 Å². The SMILES string of the molecule is CCNCCCS(=O)(=O)Nc1ccc(I)cc1Br. The average Bonchev–Trinajstić information content (AvgIpc) is 2.28. The van der Waals surface area contributed by atoms with Gasteiger partial charge in [0.2, 0.25) is 10.0 Å². The van der Waals surface area contributed by atoms with Crippen molar-refractivity contribution in [2.24, 2.45) is 0 Å². The van der Waals surface area contributed by atoms with Crippen molar-refractivity contribution >= 4 is 54.2 Å². The van der Waals surface area contributed by atoms with E-state index in [1.807, 2.05) is 19.1 Å². The van der Waals surface area contributed by atoms with Gasteiger partial charge in [0.05, 0.1) is 11.4 Å². The molecule has 0 heterocycles. The van der Waals surface area contributed by atoms with Crippen molar-refractivity contribution in [1.29, 1.82) is 0 Å². The van der Waals surface area contributed by atoms with Crippen LogP contribution in [0.2, 0.25) is 0 Å². The Morgan fingerprint density at radius 2 is 2.11 bits per heavy atom. The van der Waals surface area contributed by atoms with Gasteiger partial charge in [0.1, 0.15) is 0 Å². The summed E-state index contributed by atoms with van der Waals surface area (Å²) >= 11 is 5.52. The maximum Gasteiger partial charge on any atom is 0.232 e. The van der Waals surface area contributed by atoms with Gasteiger partial charge in [-0.15, -0.1) is 0 Å². The summed E-state index contributed by atoms with van der Waals surface area (Å²) in [5.74, 6) is 0.123. The molecule has 4 nitrogen and oxygen atoms in total. The van der Waals surface area contributed by atoms with Crippen LogP contribution in [0.1, 0.15) is 13.3 Å². The summed E-state index contributed by atoms with van der Waals surface area (Å²) in [7, 11) is -3.27. The third-order valence-electron chi connectivity index (χ3n) is 2.21. The molecule has 0 aliphatic heterocycles. The summed E-state index contributed by atoms with van der Waals surface area (Å²) in [6.07, 6.45) is 0.602. The third kappa shape index (κ3) is 5.85. The van der Waals surface area contributed by atoms with E-state index in [-0.39, 0.29) is 5.75 Å². The Balaban J connectivity index is 2.59. The van der Waals surface area contributed by atoms with Crippen LogP contribution < -0.4 is 10.0 Å². The van der Waals surface area contributed by atoms with Crippen molar-refractivity contribution in [1.82, 2.24) is 5.32 Å². The van der Waals surface area contributed by atoms with E-state index in [0.717, 1.165) is 14.6 Å². The maximum absolute atomic E-state index is 11.8. The Hall–Kier alpha value is 0.140. The zero-order chi connectivity index (χ0) is 13.6. The molecule has 0 aliphatic rings. The summed E-state index contributed by atoms with van der Waals surface area (Å²) in [5.41, 5.74) is 0.582. The van der Waals surface area contributed by atoms with E-state index in [2.05, 4.69) is 48.6 Å². The summed E-state index contributed by atoms with van der Waals surface area (Å²) in [6, 6.07) is 5.49. The first-order chi connectivity index (χ1) is 8.44. The molecule has 0 radical (unpaired) electrons. The van der Waals surface area contributed by atoms with Gasteiger partial charge in [-0.3, -0.25) is 4.72 Å². The predicted octanol–water partition coefficient (Wildman–Crippen LogP) is 2.80. The van der Waals surface area contributed by atoms with Gasteiger partial charge in [-0.2, -0.15) is 0 Å². The largest absolute Gasteiger partial charge is 0.317 e. The number of sulfonamides is 1. The number of nitrogens with one attached hydrogen (secondary N) is 2. The minimum absolute atomic E-state index is 0.123. The second-order valence-electron chi connectivity index (χ2n) is 3.75. The molecule has 0 spiro atoms. The molecule has 0 saturated carbocycles. The monoisotopic (exact) mass is 446 g/mol. The lowest BCUT2D eigenvalue weighted by Gasteiger charge is -2.10. The maximum atomic E-state index is 11.8. The number of hydrogen-bond donors (Lipinski definition) is 2. The summed E-state index contributed by atoms with van der Waals surface area (Å²) in [5, 5.41) is 3.10. The zero-order valence-electron chi connectivity index (χ0n) is 10.0. The van der Waals surface area contributed by atoms with Crippen molar-refractivity contribution in [3.8, 4) is 0 Å². The number of anilines is 1. The normalized spacial score (nSPS) is 11.5. The van der Waals surface area contributed by atoms with Crippen molar-refractivity contribution in [2.45, 2.75) is 13.3 Å². The van der Waals surface area contributed by atoms with E-state index in [4.69, 9.17) is 0 Å². The van der Waals surface area contributed by atoms with Crippen molar-refractivity contribution in [3.05, 3.63) is 26.2 Å². The highest BCUT2D eigenvalue weighted by Crippen LogP contribution is 2.25. The first-order valence-corrected chi connectivity index (χ1v) is 9.13. The Morgan fingerprint density at radius 1 is 1.39 bits per heavy atom. The number of rotatable bonds is 7. The van der Waals surface area contributed by atoms with Gasteiger partial charge in [-0.1, -0.05) is 6.92 Å².